The predicted molar refractivity (Wildman–Crippen MR) is 78.8 cm³/mol. The van der Waals surface area contributed by atoms with Crippen molar-refractivity contribution in [3.8, 4) is 11.5 Å². The van der Waals surface area contributed by atoms with Gasteiger partial charge in [0.2, 0.25) is 0 Å². The van der Waals surface area contributed by atoms with Gasteiger partial charge in [-0.05, 0) is 26.0 Å². The molecule has 0 fully saturated rings. The van der Waals surface area contributed by atoms with Crippen LogP contribution in [0.4, 0.5) is 0 Å². The van der Waals surface area contributed by atoms with Crippen LogP contribution in [-0.2, 0) is 6.54 Å². The summed E-state index contributed by atoms with van der Waals surface area (Å²) in [5, 5.41) is 13.3. The summed E-state index contributed by atoms with van der Waals surface area (Å²) in [4.78, 5) is 0. The van der Waals surface area contributed by atoms with Crippen LogP contribution < -0.4 is 10.1 Å². The molecule has 0 aromatic heterocycles. The van der Waals surface area contributed by atoms with E-state index in [4.69, 9.17) is 4.74 Å². The molecule has 0 bridgehead atoms. The van der Waals surface area contributed by atoms with Gasteiger partial charge in [0.05, 0.1) is 6.04 Å². The molecule has 0 saturated heterocycles. The molecule has 20 heavy (non-hydrogen) atoms. The van der Waals surface area contributed by atoms with E-state index in [0.29, 0.717) is 12.3 Å². The van der Waals surface area contributed by atoms with Gasteiger partial charge in [0.15, 0.2) is 0 Å². The molecule has 0 radical (unpaired) electrons. The van der Waals surface area contributed by atoms with Crippen molar-refractivity contribution >= 4 is 0 Å². The molecule has 1 aliphatic rings. The number of hydrogen-bond acceptors (Lipinski definition) is 3. The van der Waals surface area contributed by atoms with Crippen molar-refractivity contribution in [2.45, 2.75) is 32.0 Å². The molecule has 2 aromatic carbocycles. The summed E-state index contributed by atoms with van der Waals surface area (Å²) in [6.45, 7) is 4.77. The Kier molecular flexibility index (Phi) is 3.14. The number of rotatable bonds is 3. The zero-order valence-corrected chi connectivity index (χ0v) is 11.8. The van der Waals surface area contributed by atoms with E-state index in [0.717, 1.165) is 11.3 Å². The van der Waals surface area contributed by atoms with Gasteiger partial charge in [0.1, 0.15) is 17.1 Å². The summed E-state index contributed by atoms with van der Waals surface area (Å²) in [6, 6.07) is 15.6. The van der Waals surface area contributed by atoms with E-state index in [1.54, 1.807) is 6.07 Å². The van der Waals surface area contributed by atoms with Crippen LogP contribution in [0, 0.1) is 0 Å². The van der Waals surface area contributed by atoms with Crippen LogP contribution in [0.15, 0.2) is 48.5 Å². The van der Waals surface area contributed by atoms with Gasteiger partial charge in [0, 0.05) is 17.7 Å². The normalized spacial score (nSPS) is 19.4. The fraction of sp³-hybridized carbons (Fsp3) is 0.294. The monoisotopic (exact) mass is 269 g/mol. The third-order valence-electron chi connectivity index (χ3n) is 3.79. The minimum absolute atomic E-state index is 0.110. The van der Waals surface area contributed by atoms with E-state index in [1.165, 1.54) is 5.56 Å². The molecule has 3 heteroatoms. The largest absolute Gasteiger partial charge is 0.508 e. The Morgan fingerprint density at radius 1 is 1.10 bits per heavy atom. The number of ether oxygens (including phenoxy) is 1. The Hall–Kier alpha value is -2.00. The molecular formula is C17H19NO2. The summed E-state index contributed by atoms with van der Waals surface area (Å²) in [7, 11) is 0. The minimum Gasteiger partial charge on any atom is -0.508 e. The van der Waals surface area contributed by atoms with E-state index in [2.05, 4.69) is 25.2 Å². The smallest absolute Gasteiger partial charge is 0.125 e. The lowest BCUT2D eigenvalue weighted by Crippen LogP contribution is -2.38. The molecule has 2 N–H and O–H groups in total. The van der Waals surface area contributed by atoms with Gasteiger partial charge in [-0.3, -0.25) is 0 Å². The maximum atomic E-state index is 9.84. The molecule has 3 nitrogen and oxygen atoms in total. The second kappa shape index (κ2) is 4.84. The third-order valence-corrected chi connectivity index (χ3v) is 3.79. The average molecular weight is 269 g/mol. The van der Waals surface area contributed by atoms with Crippen molar-refractivity contribution in [1.29, 1.82) is 0 Å². The molecule has 0 aliphatic carbocycles. The lowest BCUT2D eigenvalue weighted by Gasteiger charge is -2.27. The predicted octanol–water partition coefficient (Wildman–Crippen LogP) is 3.39. The molecular weight excluding hydrogens is 250 g/mol. The van der Waals surface area contributed by atoms with Gasteiger partial charge in [-0.25, -0.2) is 0 Å². The highest BCUT2D eigenvalue weighted by Gasteiger charge is 2.40. The van der Waals surface area contributed by atoms with E-state index < -0.39 is 0 Å². The number of nitrogens with one attached hydrogen (secondary N) is 1. The van der Waals surface area contributed by atoms with Crippen LogP contribution >= 0.6 is 0 Å². The number of hydrogen-bond donors (Lipinski definition) is 2. The van der Waals surface area contributed by atoms with Gasteiger partial charge >= 0.3 is 0 Å². The van der Waals surface area contributed by atoms with Gasteiger partial charge in [-0.15, -0.1) is 0 Å². The van der Waals surface area contributed by atoms with Crippen LogP contribution in [-0.4, -0.2) is 10.7 Å². The first-order chi connectivity index (χ1) is 9.58. The number of aromatic hydroxyl groups is 1. The van der Waals surface area contributed by atoms with E-state index >= 15 is 0 Å². The Morgan fingerprint density at radius 3 is 2.60 bits per heavy atom. The van der Waals surface area contributed by atoms with Crippen molar-refractivity contribution < 1.29 is 9.84 Å². The van der Waals surface area contributed by atoms with E-state index in [9.17, 15) is 5.11 Å². The van der Waals surface area contributed by atoms with Crippen molar-refractivity contribution in [1.82, 2.24) is 5.32 Å². The van der Waals surface area contributed by atoms with Gasteiger partial charge < -0.3 is 15.2 Å². The maximum Gasteiger partial charge on any atom is 0.125 e. The van der Waals surface area contributed by atoms with Crippen molar-refractivity contribution in [3.63, 3.8) is 0 Å². The first kappa shape index (κ1) is 13.0. The van der Waals surface area contributed by atoms with Crippen LogP contribution in [0.5, 0.6) is 11.5 Å². The second-order valence-corrected chi connectivity index (χ2v) is 5.69. The van der Waals surface area contributed by atoms with Crippen LogP contribution in [0.25, 0.3) is 0 Å². The number of phenols is 1. The molecule has 1 heterocycles. The molecule has 1 unspecified atom stereocenters. The van der Waals surface area contributed by atoms with E-state index in [-0.39, 0.29) is 11.6 Å². The van der Waals surface area contributed by atoms with Crippen LogP contribution in [0.3, 0.4) is 0 Å². The summed E-state index contributed by atoms with van der Waals surface area (Å²) in [5.74, 6) is 1.26. The van der Waals surface area contributed by atoms with Crippen molar-refractivity contribution in [2.24, 2.45) is 0 Å². The lowest BCUT2D eigenvalue weighted by atomic mass is 9.94. The third kappa shape index (κ3) is 2.25. The molecule has 2 aromatic rings. The summed E-state index contributed by atoms with van der Waals surface area (Å²) in [5.41, 5.74) is 1.77. The number of fused-ring (bicyclic) bond motifs is 1. The van der Waals surface area contributed by atoms with Crippen LogP contribution in [0.2, 0.25) is 0 Å². The van der Waals surface area contributed by atoms with Crippen molar-refractivity contribution in [2.75, 3.05) is 0 Å². The molecule has 104 valence electrons. The quantitative estimate of drug-likeness (QED) is 0.897. The number of para-hydroxylation sites is 2. The zero-order valence-electron chi connectivity index (χ0n) is 11.8. The summed E-state index contributed by atoms with van der Waals surface area (Å²) in [6.07, 6.45) is 0. The molecule has 0 amide bonds. The highest BCUT2D eigenvalue weighted by Crippen LogP contribution is 2.42. The first-order valence-corrected chi connectivity index (χ1v) is 6.86. The Balaban J connectivity index is 1.82. The summed E-state index contributed by atoms with van der Waals surface area (Å²) < 4.78 is 6.00. The first-order valence-electron chi connectivity index (χ1n) is 6.86. The second-order valence-electron chi connectivity index (χ2n) is 5.69. The lowest BCUT2D eigenvalue weighted by molar-refractivity contribution is 0.0957. The molecule has 1 atom stereocenters. The molecule has 1 aliphatic heterocycles. The Morgan fingerprint density at radius 2 is 1.80 bits per heavy atom. The van der Waals surface area contributed by atoms with Gasteiger partial charge in [-0.2, -0.15) is 0 Å². The van der Waals surface area contributed by atoms with E-state index in [1.807, 2.05) is 36.4 Å². The molecule has 0 spiro atoms. The number of phenolic OH excluding ortho intramolecular Hbond substituents is 1. The Labute approximate surface area is 119 Å². The van der Waals surface area contributed by atoms with Crippen LogP contribution in [0.1, 0.15) is 31.0 Å². The highest BCUT2D eigenvalue weighted by atomic mass is 16.5. The molecule has 0 saturated carbocycles. The van der Waals surface area contributed by atoms with Gasteiger partial charge in [-0.1, -0.05) is 36.4 Å². The summed E-state index contributed by atoms with van der Waals surface area (Å²) >= 11 is 0. The van der Waals surface area contributed by atoms with Crippen molar-refractivity contribution in [3.05, 3.63) is 59.7 Å². The Bertz CT molecular complexity index is 622. The minimum atomic E-state index is -0.298. The number of benzene rings is 2. The fourth-order valence-electron chi connectivity index (χ4n) is 2.76. The average Bonchev–Trinajstić information content (AvgIpc) is 2.68. The van der Waals surface area contributed by atoms with Gasteiger partial charge in [0.25, 0.3) is 0 Å². The zero-order chi connectivity index (χ0) is 14.2. The molecule has 3 rings (SSSR count). The topological polar surface area (TPSA) is 41.5 Å². The fourth-order valence-corrected chi connectivity index (χ4v) is 2.76. The SMILES string of the molecule is CC1(C)Oc2ccccc2C1NCc1ccccc1O. The maximum absolute atomic E-state index is 9.84. The standard InChI is InChI=1S/C17H19NO2/c1-17(2)16(13-8-4-6-10-15(13)20-17)18-11-12-7-3-5-9-14(12)19/h3-10,16,18-19H,11H2,1-2H3. The highest BCUT2D eigenvalue weighted by molar-refractivity contribution is 5.42.